The minimum Gasteiger partial charge on any atom is -0.461 e. The van der Waals surface area contributed by atoms with Crippen molar-refractivity contribution in [2.24, 2.45) is 5.92 Å². The zero-order valence-corrected chi connectivity index (χ0v) is 23.2. The van der Waals surface area contributed by atoms with E-state index in [2.05, 4.69) is 30.2 Å². The molecule has 36 heavy (non-hydrogen) atoms. The van der Waals surface area contributed by atoms with Gasteiger partial charge in [0.05, 0.1) is 13.0 Å². The third-order valence-electron chi connectivity index (χ3n) is 5.93. The molecule has 0 saturated heterocycles. The van der Waals surface area contributed by atoms with Gasteiger partial charge in [-0.05, 0) is 70.6 Å². The van der Waals surface area contributed by atoms with Gasteiger partial charge in [-0.25, -0.2) is 0 Å². The monoisotopic (exact) mass is 508 g/mol. The van der Waals surface area contributed by atoms with Crippen molar-refractivity contribution in [3.8, 4) is 0 Å². The molecule has 0 radical (unpaired) electrons. The molecule has 7 heteroatoms. The zero-order valence-electron chi connectivity index (χ0n) is 23.2. The van der Waals surface area contributed by atoms with Gasteiger partial charge in [0.15, 0.2) is 0 Å². The molecule has 0 aromatic carbocycles. The average molecular weight is 509 g/mol. The smallest absolute Gasteiger partial charge is 0.307 e. The second-order valence-electron chi connectivity index (χ2n) is 8.97. The van der Waals surface area contributed by atoms with Crippen LogP contribution in [0.4, 0.5) is 0 Å². The fourth-order valence-corrected chi connectivity index (χ4v) is 3.79. The van der Waals surface area contributed by atoms with Crippen LogP contribution in [0.25, 0.3) is 0 Å². The molecule has 208 valence electrons. The molecule has 0 aromatic heterocycles. The van der Waals surface area contributed by atoms with E-state index in [4.69, 9.17) is 14.6 Å². The summed E-state index contributed by atoms with van der Waals surface area (Å²) in [5, 5.41) is 9.17. The first-order valence-electron chi connectivity index (χ1n) is 13.8. The van der Waals surface area contributed by atoms with Crippen LogP contribution >= 0.6 is 0 Å². The minimum atomic E-state index is -0.170. The summed E-state index contributed by atoms with van der Waals surface area (Å²) in [6, 6.07) is 0. The summed E-state index contributed by atoms with van der Waals surface area (Å²) >= 11 is 0. The SMILES string of the molecule is C=CC(C/C=C\COC(=O)CCN(CC)CCCN(CCC)CCO)CC/C=C/COC(=O)CCC. The van der Waals surface area contributed by atoms with Crippen molar-refractivity contribution in [1.29, 1.82) is 0 Å². The standard InChI is InChI=1S/C29H52N2O5/c1-5-15-28(33)35-25-12-9-10-16-27(7-3)17-11-13-26-36-29(34)18-22-30(8-4)20-14-21-31(19-6-2)23-24-32/h7,9,11-13,27,32H,3,5-6,8,10,14-26H2,1-2,4H3/b12-9+,13-11-. The summed E-state index contributed by atoms with van der Waals surface area (Å²) in [5.41, 5.74) is 0. The summed E-state index contributed by atoms with van der Waals surface area (Å²) in [6.45, 7) is 16.2. The van der Waals surface area contributed by atoms with Crippen molar-refractivity contribution in [3.63, 3.8) is 0 Å². The zero-order chi connectivity index (χ0) is 26.9. The molecule has 0 spiro atoms. The molecule has 0 aliphatic rings. The Morgan fingerprint density at radius 3 is 2.11 bits per heavy atom. The first-order valence-corrected chi connectivity index (χ1v) is 13.8. The Morgan fingerprint density at radius 2 is 1.50 bits per heavy atom. The molecule has 0 bridgehead atoms. The van der Waals surface area contributed by atoms with Crippen LogP contribution in [0.15, 0.2) is 37.0 Å². The number of carbonyl (C=O) groups excluding carboxylic acids is 2. The van der Waals surface area contributed by atoms with Crippen LogP contribution in [0.2, 0.25) is 0 Å². The van der Waals surface area contributed by atoms with E-state index < -0.39 is 0 Å². The highest BCUT2D eigenvalue weighted by atomic mass is 16.5. The van der Waals surface area contributed by atoms with Crippen molar-refractivity contribution in [3.05, 3.63) is 37.0 Å². The summed E-state index contributed by atoms with van der Waals surface area (Å²) in [5.74, 6) is 0.0350. The summed E-state index contributed by atoms with van der Waals surface area (Å²) < 4.78 is 10.4. The summed E-state index contributed by atoms with van der Waals surface area (Å²) in [4.78, 5) is 28.0. The van der Waals surface area contributed by atoms with E-state index in [9.17, 15) is 9.59 Å². The van der Waals surface area contributed by atoms with E-state index in [1.807, 2.05) is 37.3 Å². The quantitative estimate of drug-likeness (QED) is 0.149. The Morgan fingerprint density at radius 1 is 0.833 bits per heavy atom. The lowest BCUT2D eigenvalue weighted by Crippen LogP contribution is -2.33. The predicted octanol–water partition coefficient (Wildman–Crippen LogP) is 4.76. The molecule has 0 heterocycles. The Kier molecular flexibility index (Phi) is 23.4. The van der Waals surface area contributed by atoms with Crippen molar-refractivity contribution in [2.45, 2.75) is 72.1 Å². The largest absolute Gasteiger partial charge is 0.461 e. The van der Waals surface area contributed by atoms with E-state index in [0.29, 0.717) is 38.5 Å². The van der Waals surface area contributed by atoms with Crippen molar-refractivity contribution < 1.29 is 24.2 Å². The highest BCUT2D eigenvalue weighted by Gasteiger charge is 2.09. The molecule has 0 amide bonds. The number of ether oxygens (including phenoxy) is 2. The Balaban J connectivity index is 4.01. The van der Waals surface area contributed by atoms with E-state index in [1.54, 1.807) is 0 Å². The number of esters is 2. The predicted molar refractivity (Wildman–Crippen MR) is 148 cm³/mol. The highest BCUT2D eigenvalue weighted by molar-refractivity contribution is 5.69. The average Bonchev–Trinajstić information content (AvgIpc) is 2.86. The molecule has 0 saturated carbocycles. The summed E-state index contributed by atoms with van der Waals surface area (Å²) in [6.07, 6.45) is 16.3. The van der Waals surface area contributed by atoms with Crippen LogP contribution in [0.3, 0.4) is 0 Å². The highest BCUT2D eigenvalue weighted by Crippen LogP contribution is 2.13. The van der Waals surface area contributed by atoms with Gasteiger partial charge < -0.3 is 24.4 Å². The second-order valence-corrected chi connectivity index (χ2v) is 8.97. The van der Waals surface area contributed by atoms with Crippen LogP contribution in [0, 0.1) is 5.92 Å². The lowest BCUT2D eigenvalue weighted by Gasteiger charge is -2.24. The molecule has 0 aliphatic carbocycles. The van der Waals surface area contributed by atoms with Crippen molar-refractivity contribution >= 4 is 11.9 Å². The van der Waals surface area contributed by atoms with Gasteiger partial charge in [-0.1, -0.05) is 51.2 Å². The van der Waals surface area contributed by atoms with Gasteiger partial charge in [0.2, 0.25) is 0 Å². The topological polar surface area (TPSA) is 79.3 Å². The van der Waals surface area contributed by atoms with Gasteiger partial charge in [0.25, 0.3) is 0 Å². The van der Waals surface area contributed by atoms with Crippen LogP contribution in [-0.2, 0) is 19.1 Å². The Labute approximate surface area is 220 Å². The first-order chi connectivity index (χ1) is 17.5. The lowest BCUT2D eigenvalue weighted by molar-refractivity contribution is -0.143. The number of hydrogen-bond acceptors (Lipinski definition) is 7. The van der Waals surface area contributed by atoms with Crippen LogP contribution in [-0.4, -0.2) is 85.9 Å². The van der Waals surface area contributed by atoms with E-state index in [0.717, 1.165) is 71.2 Å². The number of aliphatic hydroxyl groups excluding tert-OH is 1. The second kappa shape index (κ2) is 24.7. The molecule has 7 nitrogen and oxygen atoms in total. The van der Waals surface area contributed by atoms with Gasteiger partial charge in [-0.15, -0.1) is 6.58 Å². The summed E-state index contributed by atoms with van der Waals surface area (Å²) in [7, 11) is 0. The van der Waals surface area contributed by atoms with E-state index >= 15 is 0 Å². The normalized spacial score (nSPS) is 12.6. The minimum absolute atomic E-state index is 0.149. The van der Waals surface area contributed by atoms with Crippen LogP contribution in [0.5, 0.6) is 0 Å². The maximum absolute atomic E-state index is 12.1. The van der Waals surface area contributed by atoms with E-state index in [1.165, 1.54) is 0 Å². The van der Waals surface area contributed by atoms with Crippen molar-refractivity contribution in [1.82, 2.24) is 9.80 Å². The third kappa shape index (κ3) is 20.3. The van der Waals surface area contributed by atoms with Gasteiger partial charge in [-0.2, -0.15) is 0 Å². The lowest BCUT2D eigenvalue weighted by atomic mass is 9.99. The fourth-order valence-electron chi connectivity index (χ4n) is 3.79. The first kappa shape index (κ1) is 34.0. The van der Waals surface area contributed by atoms with Crippen molar-refractivity contribution in [2.75, 3.05) is 59.1 Å². The number of nitrogens with zero attached hydrogens (tertiary/aromatic N) is 2. The number of hydrogen-bond donors (Lipinski definition) is 1. The van der Waals surface area contributed by atoms with Gasteiger partial charge >= 0.3 is 11.9 Å². The molecule has 0 aliphatic heterocycles. The molecule has 0 fully saturated rings. The Hall–Kier alpha value is -1.96. The molecule has 0 rings (SSSR count). The fraction of sp³-hybridized carbons (Fsp3) is 0.724. The molecule has 1 N–H and O–H groups in total. The van der Waals surface area contributed by atoms with Crippen LogP contribution < -0.4 is 0 Å². The molecule has 0 aromatic rings. The van der Waals surface area contributed by atoms with E-state index in [-0.39, 0.29) is 18.5 Å². The molecule has 1 unspecified atom stereocenters. The molecular weight excluding hydrogens is 456 g/mol. The molecule has 1 atom stereocenters. The van der Waals surface area contributed by atoms with Gasteiger partial charge in [0.1, 0.15) is 13.2 Å². The van der Waals surface area contributed by atoms with Crippen LogP contribution in [0.1, 0.15) is 72.1 Å². The molecular formula is C29H52N2O5. The Bertz CT molecular complexity index is 615. The third-order valence-corrected chi connectivity index (χ3v) is 5.93. The number of aliphatic hydroxyl groups is 1. The maximum atomic E-state index is 12.1. The number of carbonyl (C=O) groups is 2. The maximum Gasteiger partial charge on any atom is 0.307 e. The number of rotatable bonds is 24. The number of allylic oxidation sites excluding steroid dienone is 3. The van der Waals surface area contributed by atoms with Gasteiger partial charge in [0, 0.05) is 19.5 Å². The van der Waals surface area contributed by atoms with Gasteiger partial charge in [-0.3, -0.25) is 9.59 Å².